The van der Waals surface area contributed by atoms with Gasteiger partial charge in [-0.3, -0.25) is 4.79 Å². The van der Waals surface area contributed by atoms with Gasteiger partial charge < -0.3 is 24.1 Å². The van der Waals surface area contributed by atoms with E-state index in [9.17, 15) is 9.90 Å². The fourth-order valence-corrected chi connectivity index (χ4v) is 5.79. The summed E-state index contributed by atoms with van der Waals surface area (Å²) in [5, 5.41) is 10.7. The van der Waals surface area contributed by atoms with Gasteiger partial charge in [-0.1, -0.05) is 91.9 Å². The molecule has 0 spiro atoms. The van der Waals surface area contributed by atoms with Crippen molar-refractivity contribution in [2.24, 2.45) is 0 Å². The molecule has 0 unspecified atom stereocenters. The molecule has 0 aliphatic rings. The normalized spacial score (nSPS) is 10.8. The number of rotatable bonds is 16. The SMILES string of the molecule is CCOC(=O)CCc1c(OCCCOc2cc(OCc3ccccc3)c(-c3ccccc3)cc2CC)ccc(C)c1-c1ccccc1O. The molecule has 5 rings (SSSR count). The number of carbonyl (C=O) groups is 1. The lowest BCUT2D eigenvalue weighted by Gasteiger charge is -2.19. The number of hydrogen-bond donors (Lipinski definition) is 1. The summed E-state index contributed by atoms with van der Waals surface area (Å²) in [5.74, 6) is 2.17. The predicted molar refractivity (Wildman–Crippen MR) is 191 cm³/mol. The van der Waals surface area contributed by atoms with Crippen LogP contribution in [0.5, 0.6) is 23.0 Å². The van der Waals surface area contributed by atoms with Gasteiger partial charge in [0.1, 0.15) is 29.6 Å². The van der Waals surface area contributed by atoms with Gasteiger partial charge in [0.05, 0.1) is 19.8 Å². The number of phenols is 1. The number of benzene rings is 5. The molecule has 0 fully saturated rings. The van der Waals surface area contributed by atoms with Crippen molar-refractivity contribution in [1.29, 1.82) is 0 Å². The van der Waals surface area contributed by atoms with Crippen molar-refractivity contribution < 1.29 is 28.8 Å². The average Bonchev–Trinajstić information content (AvgIpc) is 3.11. The molecular weight excluding hydrogens is 600 g/mol. The summed E-state index contributed by atoms with van der Waals surface area (Å²) in [6.45, 7) is 7.58. The lowest BCUT2D eigenvalue weighted by atomic mass is 9.91. The van der Waals surface area contributed by atoms with Crippen LogP contribution >= 0.6 is 0 Å². The van der Waals surface area contributed by atoms with Crippen molar-refractivity contribution in [3.05, 3.63) is 131 Å². The molecule has 0 heterocycles. The Labute approximate surface area is 283 Å². The van der Waals surface area contributed by atoms with Gasteiger partial charge in [0.2, 0.25) is 0 Å². The lowest BCUT2D eigenvalue weighted by molar-refractivity contribution is -0.143. The van der Waals surface area contributed by atoms with Crippen molar-refractivity contribution in [3.63, 3.8) is 0 Å². The Hall–Kier alpha value is -5.23. The molecule has 5 aromatic rings. The molecule has 0 radical (unpaired) electrons. The predicted octanol–water partition coefficient (Wildman–Crippen LogP) is 9.52. The van der Waals surface area contributed by atoms with E-state index in [-0.39, 0.29) is 18.1 Å². The second-order valence-electron chi connectivity index (χ2n) is 11.6. The summed E-state index contributed by atoms with van der Waals surface area (Å²) >= 11 is 0. The van der Waals surface area contributed by atoms with E-state index in [1.165, 1.54) is 0 Å². The molecule has 248 valence electrons. The van der Waals surface area contributed by atoms with E-state index >= 15 is 0 Å². The van der Waals surface area contributed by atoms with Crippen molar-refractivity contribution in [3.8, 4) is 45.3 Å². The second-order valence-corrected chi connectivity index (χ2v) is 11.6. The van der Waals surface area contributed by atoms with Crippen LogP contribution in [0.3, 0.4) is 0 Å². The topological polar surface area (TPSA) is 74.2 Å². The molecule has 1 N–H and O–H groups in total. The van der Waals surface area contributed by atoms with Crippen LogP contribution in [-0.4, -0.2) is 30.9 Å². The number of aryl methyl sites for hydroxylation is 2. The molecule has 0 bridgehead atoms. The van der Waals surface area contributed by atoms with Gasteiger partial charge in [0.25, 0.3) is 0 Å². The number of phenolic OH excluding ortho intramolecular Hbond substituents is 1. The van der Waals surface area contributed by atoms with E-state index in [0.29, 0.717) is 50.6 Å². The van der Waals surface area contributed by atoms with E-state index in [1.807, 2.05) is 73.7 Å². The molecule has 0 amide bonds. The molecule has 6 nitrogen and oxygen atoms in total. The average molecular weight is 645 g/mol. The van der Waals surface area contributed by atoms with Crippen LogP contribution in [0.2, 0.25) is 0 Å². The van der Waals surface area contributed by atoms with E-state index < -0.39 is 0 Å². The van der Waals surface area contributed by atoms with E-state index in [4.69, 9.17) is 18.9 Å². The summed E-state index contributed by atoms with van der Waals surface area (Å²) in [4.78, 5) is 12.3. The van der Waals surface area contributed by atoms with Gasteiger partial charge >= 0.3 is 5.97 Å². The maximum Gasteiger partial charge on any atom is 0.306 e. The summed E-state index contributed by atoms with van der Waals surface area (Å²) < 4.78 is 24.3. The zero-order valence-corrected chi connectivity index (χ0v) is 28.0. The molecule has 0 saturated heterocycles. The first-order valence-corrected chi connectivity index (χ1v) is 16.7. The smallest absolute Gasteiger partial charge is 0.306 e. The summed E-state index contributed by atoms with van der Waals surface area (Å²) in [6, 6.07) is 35.8. The van der Waals surface area contributed by atoms with Crippen LogP contribution in [0.4, 0.5) is 0 Å². The Morgan fingerprint density at radius 1 is 0.708 bits per heavy atom. The highest BCUT2D eigenvalue weighted by Crippen LogP contribution is 2.40. The van der Waals surface area contributed by atoms with Crippen molar-refractivity contribution in [2.45, 2.75) is 53.1 Å². The van der Waals surface area contributed by atoms with Crippen LogP contribution in [0, 0.1) is 6.92 Å². The Bertz CT molecular complexity index is 1780. The summed E-state index contributed by atoms with van der Waals surface area (Å²) in [6.07, 6.45) is 2.09. The van der Waals surface area contributed by atoms with Gasteiger partial charge in [-0.25, -0.2) is 0 Å². The maximum absolute atomic E-state index is 12.3. The highest BCUT2D eigenvalue weighted by Gasteiger charge is 2.19. The van der Waals surface area contributed by atoms with E-state index in [0.717, 1.165) is 56.9 Å². The monoisotopic (exact) mass is 644 g/mol. The van der Waals surface area contributed by atoms with Crippen molar-refractivity contribution >= 4 is 5.97 Å². The minimum absolute atomic E-state index is 0.181. The van der Waals surface area contributed by atoms with Gasteiger partial charge in [-0.05, 0) is 72.7 Å². The molecule has 5 aromatic carbocycles. The number of aromatic hydroxyl groups is 1. The van der Waals surface area contributed by atoms with E-state index in [2.05, 4.69) is 37.3 Å². The van der Waals surface area contributed by atoms with Crippen molar-refractivity contribution in [1.82, 2.24) is 0 Å². The number of esters is 1. The van der Waals surface area contributed by atoms with Crippen LogP contribution in [0.15, 0.2) is 109 Å². The Morgan fingerprint density at radius 3 is 2.10 bits per heavy atom. The fraction of sp³-hybridized carbons (Fsp3) is 0.262. The van der Waals surface area contributed by atoms with E-state index in [1.54, 1.807) is 19.1 Å². The number of para-hydroxylation sites is 1. The first-order valence-electron chi connectivity index (χ1n) is 16.7. The van der Waals surface area contributed by atoms with Crippen LogP contribution in [0.25, 0.3) is 22.3 Å². The molecule has 0 aliphatic carbocycles. The molecule has 0 aromatic heterocycles. The van der Waals surface area contributed by atoms with Gasteiger partial charge in [-0.15, -0.1) is 0 Å². The van der Waals surface area contributed by atoms with Gasteiger partial charge in [-0.2, -0.15) is 0 Å². The Morgan fingerprint density at radius 2 is 1.40 bits per heavy atom. The maximum atomic E-state index is 12.3. The quantitative estimate of drug-likeness (QED) is 0.0852. The number of carbonyl (C=O) groups excluding carboxylic acids is 1. The van der Waals surface area contributed by atoms with Crippen LogP contribution < -0.4 is 14.2 Å². The third-order valence-electron chi connectivity index (χ3n) is 8.21. The summed E-state index contributed by atoms with van der Waals surface area (Å²) in [5.41, 5.74) is 7.77. The highest BCUT2D eigenvalue weighted by molar-refractivity contribution is 5.79. The third-order valence-corrected chi connectivity index (χ3v) is 8.21. The molecule has 0 saturated carbocycles. The number of hydrogen-bond acceptors (Lipinski definition) is 6. The highest BCUT2D eigenvalue weighted by atomic mass is 16.5. The molecule has 0 aliphatic heterocycles. The molecule has 0 atom stereocenters. The third kappa shape index (κ3) is 8.77. The fourth-order valence-electron chi connectivity index (χ4n) is 5.79. The Kier molecular flexibility index (Phi) is 12.1. The zero-order chi connectivity index (χ0) is 33.7. The second kappa shape index (κ2) is 17.1. The molecular formula is C42H44O6. The Balaban J connectivity index is 1.31. The largest absolute Gasteiger partial charge is 0.507 e. The molecule has 6 heteroatoms. The summed E-state index contributed by atoms with van der Waals surface area (Å²) in [7, 11) is 0. The van der Waals surface area contributed by atoms with Crippen molar-refractivity contribution in [2.75, 3.05) is 19.8 Å². The zero-order valence-electron chi connectivity index (χ0n) is 28.0. The number of ether oxygens (including phenoxy) is 4. The first-order chi connectivity index (χ1) is 23.5. The first kappa shape index (κ1) is 34.1. The standard InChI is InChI=1S/C42H44O6/c1-4-32-27-36(33-17-10-7-11-18-33)40(48-29-31-15-8-6-9-16-31)28-39(32)47-26-14-25-46-38-23-21-30(3)42(34-19-12-13-20-37(34)43)35(38)22-24-41(44)45-5-2/h6-13,15-21,23,27-28,43H,4-5,14,22,24-26,29H2,1-3H3. The lowest BCUT2D eigenvalue weighted by Crippen LogP contribution is -2.10. The van der Waals surface area contributed by atoms with Crippen LogP contribution in [-0.2, 0) is 29.0 Å². The van der Waals surface area contributed by atoms with Gasteiger partial charge in [0.15, 0.2) is 0 Å². The minimum Gasteiger partial charge on any atom is -0.507 e. The minimum atomic E-state index is -0.265. The van der Waals surface area contributed by atoms with Crippen LogP contribution in [0.1, 0.15) is 48.9 Å². The van der Waals surface area contributed by atoms with Gasteiger partial charge in [0, 0.05) is 35.6 Å². The molecule has 48 heavy (non-hydrogen) atoms.